The number of aromatic nitrogens is 2. The number of nitrogens with zero attached hydrogens (tertiary/aromatic N) is 2. The van der Waals surface area contributed by atoms with E-state index in [1.165, 1.54) is 12.3 Å². The van der Waals surface area contributed by atoms with Crippen LogP contribution in [-0.2, 0) is 11.6 Å². The second kappa shape index (κ2) is 4.40. The Bertz CT molecular complexity index is 563. The monoisotopic (exact) mass is 267 g/mol. The van der Waals surface area contributed by atoms with Gasteiger partial charge in [0.05, 0.1) is 0 Å². The number of halogens is 3. The molecular formula is C14H14F3N2-. The molecule has 0 radical (unpaired) electrons. The molecule has 0 spiro atoms. The lowest BCUT2D eigenvalue weighted by Crippen LogP contribution is -2.12. The van der Waals surface area contributed by atoms with Gasteiger partial charge in [-0.15, -0.1) is 0 Å². The molecule has 102 valence electrons. The summed E-state index contributed by atoms with van der Waals surface area (Å²) in [7, 11) is 0. The second-order valence-corrected chi connectivity index (χ2v) is 5.37. The Morgan fingerprint density at radius 2 is 1.79 bits per heavy atom. The molecule has 0 aliphatic heterocycles. The quantitative estimate of drug-likeness (QED) is 0.780. The van der Waals surface area contributed by atoms with E-state index in [4.69, 9.17) is 0 Å². The molecule has 2 aromatic rings. The SMILES string of the molecule is CC(C)(C)c1cc(C(F)(F)F)c(-c2ccccn2)[n-]1. The first-order valence-corrected chi connectivity index (χ1v) is 5.86. The minimum atomic E-state index is -4.43. The van der Waals surface area contributed by atoms with Crippen molar-refractivity contribution in [3.05, 3.63) is 41.7 Å². The molecule has 2 aromatic heterocycles. The van der Waals surface area contributed by atoms with E-state index < -0.39 is 17.2 Å². The van der Waals surface area contributed by atoms with Crippen molar-refractivity contribution in [3.8, 4) is 11.4 Å². The van der Waals surface area contributed by atoms with E-state index in [1.54, 1.807) is 12.1 Å². The number of hydrogen-bond acceptors (Lipinski definition) is 1. The van der Waals surface area contributed by atoms with Crippen molar-refractivity contribution >= 4 is 0 Å². The Hall–Kier alpha value is -1.78. The largest absolute Gasteiger partial charge is 0.659 e. The standard InChI is InChI=1S/C14H14F3N2/c1-13(2,3)11-8-9(14(15,16)17)12(19-11)10-6-4-5-7-18-10/h4-8H,1-3H3/q-1. The average molecular weight is 267 g/mol. The van der Waals surface area contributed by atoms with Gasteiger partial charge in [0.1, 0.15) is 0 Å². The molecule has 0 aliphatic rings. The van der Waals surface area contributed by atoms with Crippen LogP contribution in [0, 0.1) is 0 Å². The van der Waals surface area contributed by atoms with E-state index in [0.717, 1.165) is 6.07 Å². The van der Waals surface area contributed by atoms with Gasteiger partial charge >= 0.3 is 6.18 Å². The summed E-state index contributed by atoms with van der Waals surface area (Å²) in [6, 6.07) is 5.95. The van der Waals surface area contributed by atoms with Crippen LogP contribution in [0.4, 0.5) is 13.2 Å². The summed E-state index contributed by atoms with van der Waals surface area (Å²) >= 11 is 0. The molecular weight excluding hydrogens is 253 g/mol. The molecule has 5 heteroatoms. The van der Waals surface area contributed by atoms with Crippen LogP contribution in [0.25, 0.3) is 11.4 Å². The minimum Gasteiger partial charge on any atom is -0.659 e. The molecule has 2 rings (SSSR count). The van der Waals surface area contributed by atoms with Crippen LogP contribution in [-0.4, -0.2) is 4.98 Å². The van der Waals surface area contributed by atoms with Gasteiger partial charge in [0.15, 0.2) is 0 Å². The van der Waals surface area contributed by atoms with Crippen LogP contribution < -0.4 is 4.98 Å². The van der Waals surface area contributed by atoms with Gasteiger partial charge in [-0.3, -0.25) is 4.98 Å². The van der Waals surface area contributed by atoms with Gasteiger partial charge in [0.25, 0.3) is 0 Å². The predicted molar refractivity (Wildman–Crippen MR) is 66.7 cm³/mol. The number of hydrogen-bond donors (Lipinski definition) is 0. The van der Waals surface area contributed by atoms with Gasteiger partial charge in [0.2, 0.25) is 0 Å². The fourth-order valence-corrected chi connectivity index (χ4v) is 1.72. The third-order valence-electron chi connectivity index (χ3n) is 2.75. The first-order valence-electron chi connectivity index (χ1n) is 5.86. The third-order valence-corrected chi connectivity index (χ3v) is 2.75. The summed E-state index contributed by atoms with van der Waals surface area (Å²) in [5.74, 6) is 0. The maximum atomic E-state index is 13.1. The van der Waals surface area contributed by atoms with E-state index in [1.807, 2.05) is 20.8 Å². The Labute approximate surface area is 109 Å². The fourth-order valence-electron chi connectivity index (χ4n) is 1.72. The topological polar surface area (TPSA) is 27.0 Å². The van der Waals surface area contributed by atoms with E-state index in [-0.39, 0.29) is 11.4 Å². The van der Waals surface area contributed by atoms with Crippen molar-refractivity contribution in [2.24, 2.45) is 0 Å². The zero-order valence-corrected chi connectivity index (χ0v) is 10.9. The van der Waals surface area contributed by atoms with E-state index in [2.05, 4.69) is 9.97 Å². The molecule has 2 nitrogen and oxygen atoms in total. The summed E-state index contributed by atoms with van der Waals surface area (Å²) < 4.78 is 39.2. The van der Waals surface area contributed by atoms with E-state index >= 15 is 0 Å². The molecule has 0 bridgehead atoms. The maximum absolute atomic E-state index is 13.1. The molecule has 0 unspecified atom stereocenters. The lowest BCUT2D eigenvalue weighted by atomic mass is 9.92. The van der Waals surface area contributed by atoms with E-state index in [9.17, 15) is 13.2 Å². The molecule has 0 fully saturated rings. The molecule has 2 heterocycles. The molecule has 0 saturated carbocycles. The van der Waals surface area contributed by atoms with Crippen molar-refractivity contribution in [2.45, 2.75) is 32.4 Å². The lowest BCUT2D eigenvalue weighted by molar-refractivity contribution is -0.137. The summed E-state index contributed by atoms with van der Waals surface area (Å²) in [5.41, 5.74) is -0.604. The first-order chi connectivity index (χ1) is 8.69. The average Bonchev–Trinajstić information content (AvgIpc) is 2.74. The Morgan fingerprint density at radius 1 is 1.11 bits per heavy atom. The van der Waals surface area contributed by atoms with Crippen LogP contribution in [0.5, 0.6) is 0 Å². The van der Waals surface area contributed by atoms with Gasteiger partial charge in [-0.25, -0.2) is 0 Å². The molecule has 0 aliphatic carbocycles. The van der Waals surface area contributed by atoms with Crippen LogP contribution in [0.3, 0.4) is 0 Å². The summed E-state index contributed by atoms with van der Waals surface area (Å²) in [6.45, 7) is 5.49. The predicted octanol–water partition coefficient (Wildman–Crippen LogP) is 4.02. The molecule has 0 aromatic carbocycles. The molecule has 0 amide bonds. The highest BCUT2D eigenvalue weighted by molar-refractivity contribution is 5.61. The van der Waals surface area contributed by atoms with Gasteiger partial charge in [-0.2, -0.15) is 18.9 Å². The van der Waals surface area contributed by atoms with Gasteiger partial charge < -0.3 is 4.98 Å². The fraction of sp³-hybridized carbons (Fsp3) is 0.357. The summed E-state index contributed by atoms with van der Waals surface area (Å²) in [4.78, 5) is 8.09. The van der Waals surface area contributed by atoms with Crippen LogP contribution in [0.1, 0.15) is 32.0 Å². The molecule has 0 atom stereocenters. The molecule has 19 heavy (non-hydrogen) atoms. The van der Waals surface area contributed by atoms with Crippen molar-refractivity contribution in [1.82, 2.24) is 9.97 Å². The Kier molecular flexibility index (Phi) is 3.16. The van der Waals surface area contributed by atoms with Gasteiger partial charge in [-0.1, -0.05) is 38.6 Å². The van der Waals surface area contributed by atoms with Crippen LogP contribution >= 0.6 is 0 Å². The normalized spacial score (nSPS) is 12.7. The van der Waals surface area contributed by atoms with Crippen LogP contribution in [0.2, 0.25) is 0 Å². The maximum Gasteiger partial charge on any atom is 0.415 e. The number of rotatable bonds is 1. The smallest absolute Gasteiger partial charge is 0.415 e. The lowest BCUT2D eigenvalue weighted by Gasteiger charge is -2.24. The zero-order valence-electron chi connectivity index (χ0n) is 10.9. The summed E-state index contributed by atoms with van der Waals surface area (Å²) in [5, 5.41) is 0. The Balaban J connectivity index is 2.63. The van der Waals surface area contributed by atoms with E-state index in [0.29, 0.717) is 5.69 Å². The Morgan fingerprint density at radius 3 is 2.26 bits per heavy atom. The third kappa shape index (κ3) is 2.80. The van der Waals surface area contributed by atoms with Crippen molar-refractivity contribution in [2.75, 3.05) is 0 Å². The number of pyridine rings is 1. The molecule has 0 N–H and O–H groups in total. The second-order valence-electron chi connectivity index (χ2n) is 5.37. The van der Waals surface area contributed by atoms with Crippen molar-refractivity contribution < 1.29 is 13.2 Å². The highest BCUT2D eigenvalue weighted by Crippen LogP contribution is 2.38. The highest BCUT2D eigenvalue weighted by atomic mass is 19.4. The summed E-state index contributed by atoms with van der Waals surface area (Å²) in [6.07, 6.45) is -2.97. The van der Waals surface area contributed by atoms with Crippen molar-refractivity contribution in [3.63, 3.8) is 0 Å². The van der Waals surface area contributed by atoms with Crippen molar-refractivity contribution in [1.29, 1.82) is 0 Å². The first kappa shape index (κ1) is 13.6. The zero-order chi connectivity index (χ0) is 14.3. The highest BCUT2D eigenvalue weighted by Gasteiger charge is 2.33. The van der Waals surface area contributed by atoms with Crippen LogP contribution in [0.15, 0.2) is 30.5 Å². The molecule has 0 saturated heterocycles. The van der Waals surface area contributed by atoms with Gasteiger partial charge in [0, 0.05) is 17.5 Å². The van der Waals surface area contributed by atoms with Gasteiger partial charge in [-0.05, 0) is 17.5 Å². The minimum absolute atomic E-state index is 0.0991. The number of alkyl halides is 3.